The van der Waals surface area contributed by atoms with Crippen molar-refractivity contribution in [3.05, 3.63) is 90.2 Å². The van der Waals surface area contributed by atoms with Gasteiger partial charge in [0, 0.05) is 11.4 Å². The van der Waals surface area contributed by atoms with Crippen LogP contribution >= 0.6 is 0 Å². The highest BCUT2D eigenvalue weighted by molar-refractivity contribution is 5.93. The van der Waals surface area contributed by atoms with E-state index in [-0.39, 0.29) is 30.1 Å². The largest absolute Gasteiger partial charge is 0.345 e. The first-order valence-corrected chi connectivity index (χ1v) is 10.0. The molecule has 0 radical (unpaired) electrons. The number of aromatic nitrogens is 3. The number of nitrogens with zero attached hydrogens (tertiary/aromatic N) is 3. The molecule has 4 rings (SSSR count). The number of anilines is 6. The van der Waals surface area contributed by atoms with E-state index in [0.717, 1.165) is 0 Å². The van der Waals surface area contributed by atoms with E-state index in [1.165, 1.54) is 66.7 Å². The minimum absolute atomic E-state index is 0.0351. The summed E-state index contributed by atoms with van der Waals surface area (Å²) in [5.41, 5.74) is 1.08. The van der Waals surface area contributed by atoms with Crippen LogP contribution in [-0.4, -0.2) is 27.4 Å². The minimum atomic E-state index is -0.562. The molecular weight excluding hydrogens is 447 g/mol. The molecule has 172 valence electrons. The zero-order valence-corrected chi connectivity index (χ0v) is 17.5. The van der Waals surface area contributed by atoms with Gasteiger partial charge in [-0.15, -0.1) is 0 Å². The highest BCUT2D eigenvalue weighted by atomic mass is 19.1. The Kier molecular flexibility index (Phi) is 6.82. The molecule has 0 aliphatic heterocycles. The van der Waals surface area contributed by atoms with Gasteiger partial charge in [0.1, 0.15) is 17.5 Å². The molecular formula is C23H18F3N7O. The number of amides is 1. The Bertz CT molecular complexity index is 1220. The van der Waals surface area contributed by atoms with Crippen molar-refractivity contribution in [1.82, 2.24) is 15.0 Å². The molecule has 0 aliphatic carbocycles. The molecule has 0 atom stereocenters. The van der Waals surface area contributed by atoms with Crippen LogP contribution in [-0.2, 0) is 4.79 Å². The molecule has 4 aromatic rings. The lowest BCUT2D eigenvalue weighted by molar-refractivity contribution is -0.114. The summed E-state index contributed by atoms with van der Waals surface area (Å²) in [4.78, 5) is 24.9. The number of carbonyl (C=O) groups excluding carboxylic acids is 1. The molecule has 34 heavy (non-hydrogen) atoms. The summed E-state index contributed by atoms with van der Waals surface area (Å²) in [6, 6.07) is 16.9. The van der Waals surface area contributed by atoms with Crippen LogP contribution in [0.15, 0.2) is 72.8 Å². The first kappa shape index (κ1) is 22.5. The predicted molar refractivity (Wildman–Crippen MR) is 123 cm³/mol. The Hall–Kier alpha value is -4.67. The lowest BCUT2D eigenvalue weighted by atomic mass is 10.3. The molecule has 0 spiro atoms. The summed E-state index contributed by atoms with van der Waals surface area (Å²) in [7, 11) is 0. The average molecular weight is 465 g/mol. The topological polar surface area (TPSA) is 104 Å². The highest BCUT2D eigenvalue weighted by Gasteiger charge is 2.11. The number of halogens is 3. The fraction of sp³-hybridized carbons (Fsp3) is 0.0435. The van der Waals surface area contributed by atoms with Gasteiger partial charge in [0.2, 0.25) is 23.8 Å². The summed E-state index contributed by atoms with van der Waals surface area (Å²) in [5, 5.41) is 11.1. The number of para-hydroxylation sites is 1. The van der Waals surface area contributed by atoms with Gasteiger partial charge in [-0.1, -0.05) is 12.1 Å². The van der Waals surface area contributed by atoms with Crippen molar-refractivity contribution in [2.75, 3.05) is 27.8 Å². The molecule has 11 heteroatoms. The standard InChI is InChI=1S/C23H18F3N7O/c24-14-5-9-16(10-6-14)28-22-31-21(27-13-20(34)30-19-4-2-1-3-18(19)26)32-23(33-22)29-17-11-7-15(25)8-12-17/h1-12H,13H2,(H,30,34)(H3,27,28,29,31,32,33). The smallest absolute Gasteiger partial charge is 0.243 e. The number of rotatable bonds is 8. The summed E-state index contributed by atoms with van der Waals surface area (Å²) in [6.07, 6.45) is 0. The first-order valence-electron chi connectivity index (χ1n) is 10.0. The van der Waals surface area contributed by atoms with Crippen molar-refractivity contribution in [3.63, 3.8) is 0 Å². The van der Waals surface area contributed by atoms with Crippen LogP contribution in [0.5, 0.6) is 0 Å². The molecule has 1 heterocycles. The van der Waals surface area contributed by atoms with Crippen LogP contribution in [0.1, 0.15) is 0 Å². The third-order valence-corrected chi connectivity index (χ3v) is 4.39. The van der Waals surface area contributed by atoms with Crippen molar-refractivity contribution in [1.29, 1.82) is 0 Å². The molecule has 0 saturated carbocycles. The summed E-state index contributed by atoms with van der Waals surface area (Å²) < 4.78 is 40.2. The Morgan fingerprint density at radius 3 is 1.71 bits per heavy atom. The fourth-order valence-corrected chi connectivity index (χ4v) is 2.81. The van der Waals surface area contributed by atoms with E-state index in [1.54, 1.807) is 6.07 Å². The van der Waals surface area contributed by atoms with E-state index in [9.17, 15) is 18.0 Å². The van der Waals surface area contributed by atoms with E-state index in [0.29, 0.717) is 11.4 Å². The van der Waals surface area contributed by atoms with Gasteiger partial charge in [-0.3, -0.25) is 4.79 Å². The Morgan fingerprint density at radius 2 is 1.18 bits per heavy atom. The Balaban J connectivity index is 1.51. The van der Waals surface area contributed by atoms with Crippen molar-refractivity contribution in [2.24, 2.45) is 0 Å². The molecule has 0 fully saturated rings. The second-order valence-electron chi connectivity index (χ2n) is 6.95. The van der Waals surface area contributed by atoms with Gasteiger partial charge in [0.05, 0.1) is 12.2 Å². The van der Waals surface area contributed by atoms with E-state index in [2.05, 4.69) is 36.2 Å². The van der Waals surface area contributed by atoms with Crippen LogP contribution in [0.25, 0.3) is 0 Å². The molecule has 0 saturated heterocycles. The zero-order chi connectivity index (χ0) is 23.9. The average Bonchev–Trinajstić information content (AvgIpc) is 2.82. The van der Waals surface area contributed by atoms with Crippen molar-refractivity contribution >= 4 is 40.8 Å². The highest BCUT2D eigenvalue weighted by Crippen LogP contribution is 2.19. The second-order valence-corrected chi connectivity index (χ2v) is 6.95. The molecule has 1 aromatic heterocycles. The van der Waals surface area contributed by atoms with E-state index < -0.39 is 23.4 Å². The predicted octanol–water partition coefficient (Wildman–Crippen LogP) is 4.83. The van der Waals surface area contributed by atoms with Gasteiger partial charge in [-0.05, 0) is 60.7 Å². The van der Waals surface area contributed by atoms with Gasteiger partial charge in [0.25, 0.3) is 0 Å². The first-order chi connectivity index (χ1) is 16.4. The monoisotopic (exact) mass is 465 g/mol. The SMILES string of the molecule is O=C(CNc1nc(Nc2ccc(F)cc2)nc(Nc2ccc(F)cc2)n1)Nc1ccccc1F. The summed E-state index contributed by atoms with van der Waals surface area (Å²) in [5.74, 6) is -1.65. The van der Waals surface area contributed by atoms with Crippen LogP contribution in [0, 0.1) is 17.5 Å². The fourth-order valence-electron chi connectivity index (χ4n) is 2.81. The van der Waals surface area contributed by atoms with E-state index in [1.807, 2.05) is 0 Å². The maximum absolute atomic E-state index is 13.8. The van der Waals surface area contributed by atoms with Gasteiger partial charge in [-0.25, -0.2) is 13.2 Å². The molecule has 0 aliphatic rings. The molecule has 8 nitrogen and oxygen atoms in total. The molecule has 0 bridgehead atoms. The van der Waals surface area contributed by atoms with Crippen molar-refractivity contribution in [3.8, 4) is 0 Å². The van der Waals surface area contributed by atoms with Crippen LogP contribution in [0.3, 0.4) is 0 Å². The third-order valence-electron chi connectivity index (χ3n) is 4.39. The summed E-state index contributed by atoms with van der Waals surface area (Å²) >= 11 is 0. The molecule has 3 aromatic carbocycles. The lowest BCUT2D eigenvalue weighted by Gasteiger charge is -2.12. The van der Waals surface area contributed by atoms with Gasteiger partial charge < -0.3 is 21.3 Å². The van der Waals surface area contributed by atoms with Gasteiger partial charge in [-0.2, -0.15) is 15.0 Å². The second kappa shape index (κ2) is 10.3. The van der Waals surface area contributed by atoms with Crippen molar-refractivity contribution < 1.29 is 18.0 Å². The number of carbonyl (C=O) groups is 1. The van der Waals surface area contributed by atoms with Crippen LogP contribution in [0.4, 0.5) is 48.1 Å². The van der Waals surface area contributed by atoms with Crippen LogP contribution in [0.2, 0.25) is 0 Å². The van der Waals surface area contributed by atoms with Crippen molar-refractivity contribution in [2.45, 2.75) is 0 Å². The quantitative estimate of drug-likeness (QED) is 0.296. The third kappa shape index (κ3) is 6.19. The number of benzene rings is 3. The lowest BCUT2D eigenvalue weighted by Crippen LogP contribution is -2.23. The van der Waals surface area contributed by atoms with E-state index in [4.69, 9.17) is 0 Å². The van der Waals surface area contributed by atoms with E-state index >= 15 is 0 Å². The maximum atomic E-state index is 13.8. The summed E-state index contributed by atoms with van der Waals surface area (Å²) in [6.45, 7) is -0.260. The molecule has 1 amide bonds. The Morgan fingerprint density at radius 1 is 0.676 bits per heavy atom. The van der Waals surface area contributed by atoms with Gasteiger partial charge >= 0.3 is 0 Å². The normalized spacial score (nSPS) is 10.4. The maximum Gasteiger partial charge on any atom is 0.243 e. The molecule has 4 N–H and O–H groups in total. The zero-order valence-electron chi connectivity index (χ0n) is 17.5. The van der Waals surface area contributed by atoms with Crippen LogP contribution < -0.4 is 21.3 Å². The van der Waals surface area contributed by atoms with Gasteiger partial charge in [0.15, 0.2) is 0 Å². The number of nitrogens with one attached hydrogen (secondary N) is 4. The molecule has 0 unspecified atom stereocenters. The Labute approximate surface area is 192 Å². The number of hydrogen-bond acceptors (Lipinski definition) is 7. The number of hydrogen-bond donors (Lipinski definition) is 4. The minimum Gasteiger partial charge on any atom is -0.345 e.